The van der Waals surface area contributed by atoms with Crippen molar-refractivity contribution in [1.29, 1.82) is 0 Å². The summed E-state index contributed by atoms with van der Waals surface area (Å²) in [6.07, 6.45) is 0. The Morgan fingerprint density at radius 1 is 1.38 bits per heavy atom. The highest BCUT2D eigenvalue weighted by atomic mass is 16.3. The first kappa shape index (κ1) is 8.26. The largest absolute Gasteiger partial charge is 0.390 e. The first-order chi connectivity index (χ1) is 6.20. The van der Waals surface area contributed by atoms with Gasteiger partial charge in [-0.3, -0.25) is 4.98 Å². The van der Waals surface area contributed by atoms with E-state index in [1.54, 1.807) is 0 Å². The van der Waals surface area contributed by atoms with Gasteiger partial charge in [-0.2, -0.15) is 0 Å². The molecule has 0 saturated carbocycles. The zero-order valence-corrected chi connectivity index (χ0v) is 7.76. The third-order valence-electron chi connectivity index (χ3n) is 2.27. The Kier molecular flexibility index (Phi) is 1.81. The monoisotopic (exact) mass is 176 g/mol. The van der Waals surface area contributed by atoms with Crippen molar-refractivity contribution in [3.63, 3.8) is 0 Å². The quantitative estimate of drug-likeness (QED) is 0.694. The summed E-state index contributed by atoms with van der Waals surface area (Å²) in [6, 6.07) is 3.93. The van der Waals surface area contributed by atoms with E-state index in [-0.39, 0.29) is 6.61 Å². The summed E-state index contributed by atoms with van der Waals surface area (Å²) in [5.74, 6) is 0. The van der Waals surface area contributed by atoms with Crippen LogP contribution in [0.2, 0.25) is 0 Å². The second-order valence-corrected chi connectivity index (χ2v) is 3.28. The molecule has 2 N–H and O–H groups in total. The molecule has 3 nitrogen and oxygen atoms in total. The zero-order valence-electron chi connectivity index (χ0n) is 7.76. The number of aliphatic hydroxyl groups is 1. The van der Waals surface area contributed by atoms with Gasteiger partial charge in [-0.1, -0.05) is 0 Å². The van der Waals surface area contributed by atoms with Crippen molar-refractivity contribution in [2.45, 2.75) is 20.5 Å². The van der Waals surface area contributed by atoms with Crippen LogP contribution in [0.5, 0.6) is 0 Å². The molecular weight excluding hydrogens is 164 g/mol. The number of hydrogen-bond acceptors (Lipinski definition) is 2. The highest BCUT2D eigenvalue weighted by molar-refractivity contribution is 5.77. The molecule has 3 heteroatoms. The van der Waals surface area contributed by atoms with Crippen molar-refractivity contribution >= 4 is 11.0 Å². The van der Waals surface area contributed by atoms with Crippen LogP contribution in [0.25, 0.3) is 11.0 Å². The second kappa shape index (κ2) is 2.85. The van der Waals surface area contributed by atoms with E-state index in [9.17, 15) is 0 Å². The summed E-state index contributed by atoms with van der Waals surface area (Å²) < 4.78 is 0. The van der Waals surface area contributed by atoms with E-state index in [1.165, 1.54) is 5.56 Å². The maximum atomic E-state index is 8.92. The van der Waals surface area contributed by atoms with Gasteiger partial charge in [-0.25, -0.2) is 0 Å². The molecule has 0 aromatic carbocycles. The van der Waals surface area contributed by atoms with Crippen molar-refractivity contribution in [3.05, 3.63) is 29.1 Å². The number of fused-ring (bicyclic) bond motifs is 1. The molecule has 2 rings (SSSR count). The van der Waals surface area contributed by atoms with E-state index < -0.39 is 0 Å². The second-order valence-electron chi connectivity index (χ2n) is 3.28. The van der Waals surface area contributed by atoms with E-state index in [0.717, 1.165) is 22.4 Å². The Balaban J connectivity index is 2.70. The number of aryl methyl sites for hydroxylation is 2. The smallest absolute Gasteiger partial charge is 0.0885 e. The minimum Gasteiger partial charge on any atom is -0.390 e. The fraction of sp³-hybridized carbons (Fsp3) is 0.300. The van der Waals surface area contributed by atoms with Gasteiger partial charge < -0.3 is 10.1 Å². The van der Waals surface area contributed by atoms with Crippen LogP contribution in [-0.4, -0.2) is 15.1 Å². The lowest BCUT2D eigenvalue weighted by atomic mass is 10.2. The van der Waals surface area contributed by atoms with Crippen LogP contribution in [0.4, 0.5) is 0 Å². The standard InChI is InChI=1S/C10H12N2O/c1-6-3-9-10(11-7(6)2)4-8(5-13)12-9/h3-4,12-13H,5H2,1-2H3. The van der Waals surface area contributed by atoms with Crippen LogP contribution >= 0.6 is 0 Å². The van der Waals surface area contributed by atoms with E-state index >= 15 is 0 Å². The summed E-state index contributed by atoms with van der Waals surface area (Å²) in [7, 11) is 0. The molecular formula is C10H12N2O. The molecule has 0 spiro atoms. The lowest BCUT2D eigenvalue weighted by molar-refractivity contribution is 0.278. The number of rotatable bonds is 1. The van der Waals surface area contributed by atoms with Crippen molar-refractivity contribution < 1.29 is 5.11 Å². The molecule has 0 bridgehead atoms. The fourth-order valence-electron chi connectivity index (χ4n) is 1.39. The molecule has 68 valence electrons. The topological polar surface area (TPSA) is 48.9 Å². The molecule has 0 saturated heterocycles. The summed E-state index contributed by atoms with van der Waals surface area (Å²) in [6.45, 7) is 4.05. The van der Waals surface area contributed by atoms with E-state index in [0.29, 0.717) is 0 Å². The molecule has 13 heavy (non-hydrogen) atoms. The van der Waals surface area contributed by atoms with Gasteiger partial charge in [-0.15, -0.1) is 0 Å². The number of aliphatic hydroxyl groups excluding tert-OH is 1. The summed E-state index contributed by atoms with van der Waals surface area (Å²) in [5.41, 5.74) is 4.93. The molecule has 0 unspecified atom stereocenters. The number of nitrogens with zero attached hydrogens (tertiary/aromatic N) is 1. The van der Waals surface area contributed by atoms with Crippen molar-refractivity contribution in [2.24, 2.45) is 0 Å². The maximum absolute atomic E-state index is 8.92. The molecule has 0 aliphatic carbocycles. The van der Waals surface area contributed by atoms with Gasteiger partial charge in [0.2, 0.25) is 0 Å². The number of aromatic amines is 1. The maximum Gasteiger partial charge on any atom is 0.0885 e. The lowest BCUT2D eigenvalue weighted by Gasteiger charge is -1.97. The van der Waals surface area contributed by atoms with Crippen LogP contribution in [0.15, 0.2) is 12.1 Å². The molecule has 2 aromatic rings. The molecule has 0 aliphatic rings. The van der Waals surface area contributed by atoms with E-state index in [4.69, 9.17) is 5.11 Å². The highest BCUT2D eigenvalue weighted by Crippen LogP contribution is 2.16. The van der Waals surface area contributed by atoms with Gasteiger partial charge in [0.05, 0.1) is 17.6 Å². The van der Waals surface area contributed by atoms with Crippen LogP contribution in [0.3, 0.4) is 0 Å². The number of pyridine rings is 1. The van der Waals surface area contributed by atoms with Crippen LogP contribution in [0.1, 0.15) is 17.0 Å². The number of H-pyrrole nitrogens is 1. The van der Waals surface area contributed by atoms with Crippen molar-refractivity contribution in [1.82, 2.24) is 9.97 Å². The third-order valence-corrected chi connectivity index (χ3v) is 2.27. The minimum atomic E-state index is 0.0362. The first-order valence-electron chi connectivity index (χ1n) is 4.27. The van der Waals surface area contributed by atoms with Gasteiger partial charge in [0, 0.05) is 11.4 Å². The molecule has 0 radical (unpaired) electrons. The Bertz CT molecular complexity index is 406. The van der Waals surface area contributed by atoms with Gasteiger partial charge in [0.15, 0.2) is 0 Å². The van der Waals surface area contributed by atoms with Gasteiger partial charge in [-0.05, 0) is 31.5 Å². The van der Waals surface area contributed by atoms with Gasteiger partial charge >= 0.3 is 0 Å². The van der Waals surface area contributed by atoms with Crippen molar-refractivity contribution in [3.8, 4) is 0 Å². The molecule has 0 amide bonds. The zero-order chi connectivity index (χ0) is 9.42. The molecule has 2 aromatic heterocycles. The number of nitrogens with one attached hydrogen (secondary N) is 1. The van der Waals surface area contributed by atoms with Crippen LogP contribution in [-0.2, 0) is 6.61 Å². The van der Waals surface area contributed by atoms with Crippen molar-refractivity contribution in [2.75, 3.05) is 0 Å². The normalized spacial score (nSPS) is 11.0. The molecule has 0 atom stereocenters. The van der Waals surface area contributed by atoms with Crippen LogP contribution in [0, 0.1) is 13.8 Å². The fourth-order valence-corrected chi connectivity index (χ4v) is 1.39. The first-order valence-corrected chi connectivity index (χ1v) is 4.27. The van der Waals surface area contributed by atoms with Crippen LogP contribution < -0.4 is 0 Å². The predicted octanol–water partition coefficient (Wildman–Crippen LogP) is 1.67. The number of hydrogen-bond donors (Lipinski definition) is 2. The average Bonchev–Trinajstić information content (AvgIpc) is 2.48. The Morgan fingerprint density at radius 3 is 2.85 bits per heavy atom. The number of aromatic nitrogens is 2. The predicted molar refractivity (Wildman–Crippen MR) is 51.5 cm³/mol. The van der Waals surface area contributed by atoms with E-state index in [2.05, 4.69) is 16.0 Å². The average molecular weight is 176 g/mol. The summed E-state index contributed by atoms with van der Waals surface area (Å²) in [5, 5.41) is 8.92. The molecule has 0 fully saturated rings. The SMILES string of the molecule is Cc1cc2[nH]c(CO)cc2nc1C. The minimum absolute atomic E-state index is 0.0362. The Hall–Kier alpha value is -1.35. The lowest BCUT2D eigenvalue weighted by Crippen LogP contribution is -1.85. The van der Waals surface area contributed by atoms with Gasteiger partial charge in [0.25, 0.3) is 0 Å². The highest BCUT2D eigenvalue weighted by Gasteiger charge is 2.02. The van der Waals surface area contributed by atoms with Gasteiger partial charge in [0.1, 0.15) is 0 Å². The summed E-state index contributed by atoms with van der Waals surface area (Å²) in [4.78, 5) is 7.50. The summed E-state index contributed by atoms with van der Waals surface area (Å²) >= 11 is 0. The molecule has 2 heterocycles. The Morgan fingerprint density at radius 2 is 2.15 bits per heavy atom. The third kappa shape index (κ3) is 1.31. The molecule has 0 aliphatic heterocycles. The van der Waals surface area contributed by atoms with E-state index in [1.807, 2.05) is 19.9 Å². The Labute approximate surface area is 76.4 Å².